The van der Waals surface area contributed by atoms with Crippen LogP contribution in [0.25, 0.3) is 87.3 Å². The molecule has 0 fully saturated rings. The summed E-state index contributed by atoms with van der Waals surface area (Å²) in [7, 11) is 0. The fourth-order valence-electron chi connectivity index (χ4n) is 9.76. The Morgan fingerprint density at radius 2 is 0.710 bits per heavy atom. The van der Waals surface area contributed by atoms with Gasteiger partial charge in [0.05, 0.1) is 5.69 Å². The molecule has 0 radical (unpaired) electrons. The molecule has 0 saturated carbocycles. The molecule has 4 nitrogen and oxygen atoms in total. The highest BCUT2D eigenvalue weighted by Gasteiger charge is 2.21. The topological polar surface area (TPSA) is 32.8 Å². The van der Waals surface area contributed by atoms with E-state index in [1.807, 2.05) is 24.3 Å². The van der Waals surface area contributed by atoms with E-state index in [0.717, 1.165) is 83.6 Å². The second kappa shape index (κ2) is 13.6. The number of hydrogen-bond acceptors (Lipinski definition) is 4. The number of rotatable bonds is 7. The van der Waals surface area contributed by atoms with Gasteiger partial charge in [-0.05, 0) is 117 Å². The molecule has 2 heterocycles. The van der Waals surface area contributed by atoms with Gasteiger partial charge in [0.25, 0.3) is 0 Å². The van der Waals surface area contributed by atoms with E-state index in [2.05, 4.69) is 204 Å². The zero-order valence-electron chi connectivity index (χ0n) is 33.5. The molecule has 4 heteroatoms. The molecule has 0 unspecified atom stereocenters. The zero-order valence-corrected chi connectivity index (χ0v) is 33.5. The van der Waals surface area contributed by atoms with Crippen molar-refractivity contribution in [1.29, 1.82) is 0 Å². The maximum absolute atomic E-state index is 6.41. The number of para-hydroxylation sites is 4. The largest absolute Gasteiger partial charge is 0.456 e. The third-order valence-electron chi connectivity index (χ3n) is 12.6. The van der Waals surface area contributed by atoms with Crippen LogP contribution in [0.3, 0.4) is 0 Å². The second-order valence-electron chi connectivity index (χ2n) is 16.1. The van der Waals surface area contributed by atoms with E-state index in [-0.39, 0.29) is 0 Å². The van der Waals surface area contributed by atoms with Crippen LogP contribution in [0.5, 0.6) is 0 Å². The number of benzene rings is 11. The molecule has 0 aliphatic rings. The van der Waals surface area contributed by atoms with Crippen molar-refractivity contribution in [2.45, 2.75) is 0 Å². The van der Waals surface area contributed by atoms with Crippen molar-refractivity contribution in [3.05, 3.63) is 218 Å². The Morgan fingerprint density at radius 3 is 1.34 bits per heavy atom. The van der Waals surface area contributed by atoms with Crippen molar-refractivity contribution in [2.24, 2.45) is 0 Å². The number of hydrogen-bond donors (Lipinski definition) is 0. The molecule has 0 atom stereocenters. The lowest BCUT2D eigenvalue weighted by Crippen LogP contribution is -2.10. The van der Waals surface area contributed by atoms with Gasteiger partial charge in [-0.1, -0.05) is 127 Å². The van der Waals surface area contributed by atoms with Crippen LogP contribution in [0, 0.1) is 0 Å². The minimum absolute atomic E-state index is 0.872. The minimum atomic E-state index is 0.872. The van der Waals surface area contributed by atoms with Crippen LogP contribution in [-0.2, 0) is 0 Å². The van der Waals surface area contributed by atoms with Crippen LogP contribution >= 0.6 is 0 Å². The molecule has 0 spiro atoms. The number of furan rings is 2. The van der Waals surface area contributed by atoms with Gasteiger partial charge < -0.3 is 18.6 Å². The summed E-state index contributed by atoms with van der Waals surface area (Å²) in [5.41, 5.74) is 12.3. The van der Waals surface area contributed by atoms with Crippen LogP contribution < -0.4 is 9.80 Å². The van der Waals surface area contributed by atoms with Crippen LogP contribution in [0.1, 0.15) is 0 Å². The van der Waals surface area contributed by atoms with Crippen molar-refractivity contribution in [3.63, 3.8) is 0 Å². The Kier molecular flexibility index (Phi) is 7.57. The zero-order chi connectivity index (χ0) is 40.7. The first-order valence-corrected chi connectivity index (χ1v) is 21.1. The van der Waals surface area contributed by atoms with Gasteiger partial charge >= 0.3 is 0 Å². The Bertz CT molecular complexity index is 3810. The lowest BCUT2D eigenvalue weighted by molar-refractivity contribution is 0.668. The second-order valence-corrected chi connectivity index (χ2v) is 16.1. The van der Waals surface area contributed by atoms with Crippen molar-refractivity contribution in [1.82, 2.24) is 0 Å². The third kappa shape index (κ3) is 5.33. The van der Waals surface area contributed by atoms with E-state index in [1.54, 1.807) is 0 Å². The molecule has 0 amide bonds. The average Bonchev–Trinajstić information content (AvgIpc) is 3.90. The molecular weight excluding hydrogens is 757 g/mol. The summed E-state index contributed by atoms with van der Waals surface area (Å²) in [6, 6.07) is 78.0. The minimum Gasteiger partial charge on any atom is -0.456 e. The van der Waals surface area contributed by atoms with Crippen LogP contribution in [0.2, 0.25) is 0 Å². The van der Waals surface area contributed by atoms with Gasteiger partial charge in [0.15, 0.2) is 0 Å². The normalized spacial score (nSPS) is 11.9. The summed E-state index contributed by atoms with van der Waals surface area (Å²) in [5, 5.41) is 11.9. The molecule has 2 aromatic heterocycles. The van der Waals surface area contributed by atoms with E-state index >= 15 is 0 Å². The average molecular weight is 793 g/mol. The van der Waals surface area contributed by atoms with Crippen molar-refractivity contribution in [2.75, 3.05) is 9.80 Å². The van der Waals surface area contributed by atoms with Gasteiger partial charge in [-0.25, -0.2) is 0 Å². The fourth-order valence-corrected chi connectivity index (χ4v) is 9.76. The van der Waals surface area contributed by atoms with Crippen LogP contribution in [0.4, 0.5) is 34.1 Å². The molecule has 0 aliphatic heterocycles. The Labute approximate surface area is 357 Å². The molecule has 290 valence electrons. The van der Waals surface area contributed by atoms with Gasteiger partial charge in [0, 0.05) is 67.5 Å². The summed E-state index contributed by atoms with van der Waals surface area (Å²) in [6.07, 6.45) is 0. The maximum Gasteiger partial charge on any atom is 0.137 e. The highest BCUT2D eigenvalue weighted by Crippen LogP contribution is 2.47. The molecule has 0 N–H and O–H groups in total. The van der Waals surface area contributed by atoms with E-state index < -0.39 is 0 Å². The molecule has 0 saturated heterocycles. The molecular formula is C58H36N2O2. The van der Waals surface area contributed by atoms with E-state index in [1.165, 1.54) is 37.9 Å². The smallest absolute Gasteiger partial charge is 0.137 e. The monoisotopic (exact) mass is 792 g/mol. The number of nitrogens with zero attached hydrogens (tertiary/aromatic N) is 2. The quantitative estimate of drug-likeness (QED) is 0.151. The van der Waals surface area contributed by atoms with Gasteiger partial charge in [-0.15, -0.1) is 0 Å². The molecule has 0 aliphatic carbocycles. The first-order valence-electron chi connectivity index (χ1n) is 21.1. The fraction of sp³-hybridized carbons (Fsp3) is 0. The predicted octanol–water partition coefficient (Wildman–Crippen LogP) is 17.0. The van der Waals surface area contributed by atoms with E-state index in [0.29, 0.717) is 0 Å². The summed E-state index contributed by atoms with van der Waals surface area (Å²) in [6.45, 7) is 0. The summed E-state index contributed by atoms with van der Waals surface area (Å²) >= 11 is 0. The first-order chi connectivity index (χ1) is 30.7. The molecule has 13 aromatic rings. The molecule has 0 bridgehead atoms. The van der Waals surface area contributed by atoms with Crippen molar-refractivity contribution in [3.8, 4) is 11.1 Å². The Balaban J connectivity index is 0.938. The van der Waals surface area contributed by atoms with Gasteiger partial charge in [0.2, 0.25) is 0 Å². The Hall–Kier alpha value is -8.34. The highest BCUT2D eigenvalue weighted by atomic mass is 16.3. The number of fused-ring (bicyclic) bond motifs is 6. The van der Waals surface area contributed by atoms with Crippen LogP contribution in [-0.4, -0.2) is 0 Å². The molecule has 62 heavy (non-hydrogen) atoms. The first kappa shape index (κ1) is 34.5. The standard InChI is InChI=1S/C58H36N2O2/c1-3-11-40(12-4-1)59(43-27-32-48-46-15-7-9-17-53(46)61-55(48)35-43)42-25-19-37(20-26-42)45-29-21-38-23-31-51-52(34-24-39-22-30-50(45)57(38)58(39)51)60(41-13-5-2-6-14-41)44-28-33-49-47-16-8-10-18-54(47)62-56(49)36-44/h1-36H. The lowest BCUT2D eigenvalue weighted by Gasteiger charge is -2.28. The highest BCUT2D eigenvalue weighted by molar-refractivity contribution is 6.28. The van der Waals surface area contributed by atoms with Crippen LogP contribution in [0.15, 0.2) is 227 Å². The summed E-state index contributed by atoms with van der Waals surface area (Å²) in [4.78, 5) is 4.66. The van der Waals surface area contributed by atoms with Crippen molar-refractivity contribution >= 4 is 110 Å². The summed E-state index contributed by atoms with van der Waals surface area (Å²) in [5.74, 6) is 0. The maximum atomic E-state index is 6.41. The summed E-state index contributed by atoms with van der Waals surface area (Å²) < 4.78 is 12.7. The van der Waals surface area contributed by atoms with Gasteiger partial charge in [-0.2, -0.15) is 0 Å². The number of anilines is 6. The third-order valence-corrected chi connectivity index (χ3v) is 12.6. The van der Waals surface area contributed by atoms with E-state index in [9.17, 15) is 0 Å². The predicted molar refractivity (Wildman–Crippen MR) is 260 cm³/mol. The van der Waals surface area contributed by atoms with Crippen molar-refractivity contribution < 1.29 is 8.83 Å². The SMILES string of the molecule is c1ccc(N(c2ccc(-c3ccc4ccc5c(N(c6ccccc6)c6ccc7c(c6)oc6ccccc67)ccc6ccc3c4c65)cc2)c2ccc3c(c2)oc2ccccc23)cc1. The molecule has 13 rings (SSSR count). The molecule has 11 aromatic carbocycles. The Morgan fingerprint density at radius 1 is 0.274 bits per heavy atom. The lowest BCUT2D eigenvalue weighted by atomic mass is 9.89. The van der Waals surface area contributed by atoms with Gasteiger partial charge in [-0.3, -0.25) is 0 Å². The van der Waals surface area contributed by atoms with Gasteiger partial charge in [0.1, 0.15) is 22.3 Å². The van der Waals surface area contributed by atoms with E-state index in [4.69, 9.17) is 8.83 Å².